The first-order chi connectivity index (χ1) is 8.81. The van der Waals surface area contributed by atoms with E-state index in [0.717, 1.165) is 31.9 Å². The maximum Gasteiger partial charge on any atom is 0.246 e. The summed E-state index contributed by atoms with van der Waals surface area (Å²) >= 11 is 0. The van der Waals surface area contributed by atoms with Gasteiger partial charge in [-0.3, -0.25) is 4.79 Å². The molecule has 96 valence electrons. The molecule has 1 amide bonds. The Kier molecular flexibility index (Phi) is 3.19. The van der Waals surface area contributed by atoms with E-state index in [4.69, 9.17) is 4.42 Å². The van der Waals surface area contributed by atoms with Crippen molar-refractivity contribution >= 4 is 12.0 Å². The summed E-state index contributed by atoms with van der Waals surface area (Å²) in [5.74, 6) is 2.07. The van der Waals surface area contributed by atoms with Crippen LogP contribution in [0.25, 0.3) is 6.08 Å². The second kappa shape index (κ2) is 4.98. The average Bonchev–Trinajstić information content (AvgIpc) is 2.88. The number of furan rings is 1. The molecule has 0 spiro atoms. The molecule has 4 heteroatoms. The minimum Gasteiger partial charge on any atom is -0.465 e. The van der Waals surface area contributed by atoms with E-state index in [1.54, 1.807) is 18.4 Å². The third-order valence-electron chi connectivity index (χ3n) is 3.73. The highest BCUT2D eigenvalue weighted by Crippen LogP contribution is 2.24. The van der Waals surface area contributed by atoms with E-state index in [-0.39, 0.29) is 5.91 Å². The summed E-state index contributed by atoms with van der Waals surface area (Å²) < 4.78 is 5.18. The van der Waals surface area contributed by atoms with Crippen LogP contribution in [0, 0.1) is 11.8 Å². The largest absolute Gasteiger partial charge is 0.465 e. The zero-order valence-corrected chi connectivity index (χ0v) is 10.3. The first-order valence-corrected chi connectivity index (χ1v) is 6.52. The fourth-order valence-electron chi connectivity index (χ4n) is 2.93. The molecule has 0 aliphatic carbocycles. The molecule has 2 saturated heterocycles. The van der Waals surface area contributed by atoms with Gasteiger partial charge in [-0.15, -0.1) is 0 Å². The molecule has 2 fully saturated rings. The molecule has 3 heterocycles. The lowest BCUT2D eigenvalue weighted by Gasteiger charge is -2.41. The van der Waals surface area contributed by atoms with Crippen molar-refractivity contribution in [2.75, 3.05) is 26.2 Å². The van der Waals surface area contributed by atoms with Gasteiger partial charge in [0.25, 0.3) is 0 Å². The smallest absolute Gasteiger partial charge is 0.246 e. The third-order valence-corrected chi connectivity index (χ3v) is 3.73. The highest BCUT2D eigenvalue weighted by atomic mass is 16.3. The summed E-state index contributed by atoms with van der Waals surface area (Å²) in [6.45, 7) is 3.85. The number of nitrogens with one attached hydrogen (secondary N) is 1. The Labute approximate surface area is 107 Å². The highest BCUT2D eigenvalue weighted by molar-refractivity contribution is 5.91. The van der Waals surface area contributed by atoms with Gasteiger partial charge < -0.3 is 14.6 Å². The molecule has 2 bridgehead atoms. The second-order valence-corrected chi connectivity index (χ2v) is 5.22. The van der Waals surface area contributed by atoms with Crippen molar-refractivity contribution in [3.05, 3.63) is 30.2 Å². The summed E-state index contributed by atoms with van der Waals surface area (Å²) in [7, 11) is 0. The molecule has 4 nitrogen and oxygen atoms in total. The van der Waals surface area contributed by atoms with Crippen molar-refractivity contribution < 1.29 is 9.21 Å². The number of hydrogen-bond donors (Lipinski definition) is 1. The number of hydrogen-bond acceptors (Lipinski definition) is 3. The van der Waals surface area contributed by atoms with Crippen LogP contribution in [-0.4, -0.2) is 37.0 Å². The highest BCUT2D eigenvalue weighted by Gasteiger charge is 2.31. The van der Waals surface area contributed by atoms with Gasteiger partial charge in [-0.1, -0.05) is 0 Å². The van der Waals surface area contributed by atoms with Crippen molar-refractivity contribution in [3.8, 4) is 0 Å². The van der Waals surface area contributed by atoms with Crippen LogP contribution in [0.4, 0.5) is 0 Å². The molecule has 1 aromatic heterocycles. The first kappa shape index (κ1) is 11.5. The summed E-state index contributed by atoms with van der Waals surface area (Å²) in [6, 6.07) is 3.67. The molecule has 3 rings (SSSR count). The molecule has 1 aromatic rings. The lowest BCUT2D eigenvalue weighted by atomic mass is 9.86. The van der Waals surface area contributed by atoms with Gasteiger partial charge in [0.2, 0.25) is 5.91 Å². The molecular weight excluding hydrogens is 228 g/mol. The predicted molar refractivity (Wildman–Crippen MR) is 68.8 cm³/mol. The van der Waals surface area contributed by atoms with E-state index >= 15 is 0 Å². The van der Waals surface area contributed by atoms with Crippen LogP contribution in [0.15, 0.2) is 28.9 Å². The molecular formula is C14H18N2O2. The number of fused-ring (bicyclic) bond motifs is 2. The van der Waals surface area contributed by atoms with E-state index in [1.165, 1.54) is 6.42 Å². The number of carbonyl (C=O) groups excluding carboxylic acids is 1. The Morgan fingerprint density at radius 1 is 1.39 bits per heavy atom. The molecule has 0 aromatic carbocycles. The lowest BCUT2D eigenvalue weighted by Crippen LogP contribution is -2.52. The Balaban J connectivity index is 1.62. The van der Waals surface area contributed by atoms with Crippen molar-refractivity contribution in [2.24, 2.45) is 11.8 Å². The van der Waals surface area contributed by atoms with Gasteiger partial charge in [-0.25, -0.2) is 0 Å². The van der Waals surface area contributed by atoms with Crippen LogP contribution < -0.4 is 5.32 Å². The Bertz CT molecular complexity index is 427. The number of likely N-dealkylation sites (tertiary alicyclic amines) is 1. The summed E-state index contributed by atoms with van der Waals surface area (Å²) in [4.78, 5) is 14.1. The SMILES string of the molecule is O=C(/C=C/c1ccco1)N1C[C@@H]2CNC[C@@H](C2)C1. The molecule has 2 aliphatic rings. The van der Waals surface area contributed by atoms with Gasteiger partial charge >= 0.3 is 0 Å². The van der Waals surface area contributed by atoms with E-state index in [1.807, 2.05) is 17.0 Å². The standard InChI is InChI=1S/C14H18N2O2/c17-14(4-3-13-2-1-5-18-13)16-9-11-6-12(10-16)8-15-7-11/h1-5,11-12,15H,6-10H2/b4-3+/t11-,12+. The molecule has 1 N–H and O–H groups in total. The number of carbonyl (C=O) groups is 1. The maximum atomic E-state index is 12.1. The second-order valence-electron chi connectivity index (χ2n) is 5.22. The Morgan fingerprint density at radius 2 is 2.17 bits per heavy atom. The van der Waals surface area contributed by atoms with Crippen LogP contribution in [0.1, 0.15) is 12.2 Å². The number of rotatable bonds is 2. The summed E-state index contributed by atoms with van der Waals surface area (Å²) in [5.41, 5.74) is 0. The van der Waals surface area contributed by atoms with Gasteiger partial charge in [0.15, 0.2) is 0 Å². The van der Waals surface area contributed by atoms with Crippen LogP contribution in [0.3, 0.4) is 0 Å². The summed E-state index contributed by atoms with van der Waals surface area (Å²) in [6.07, 6.45) is 6.23. The average molecular weight is 246 g/mol. The maximum absolute atomic E-state index is 12.1. The Morgan fingerprint density at radius 3 is 2.83 bits per heavy atom. The van der Waals surface area contributed by atoms with Gasteiger partial charge in [-0.2, -0.15) is 0 Å². The van der Waals surface area contributed by atoms with Crippen LogP contribution in [-0.2, 0) is 4.79 Å². The predicted octanol–water partition coefficient (Wildman–Crippen LogP) is 1.36. The van der Waals surface area contributed by atoms with Crippen molar-refractivity contribution in [3.63, 3.8) is 0 Å². The van der Waals surface area contributed by atoms with Crippen LogP contribution in [0.2, 0.25) is 0 Å². The minimum atomic E-state index is 0.100. The normalized spacial score (nSPS) is 27.7. The molecule has 0 saturated carbocycles. The lowest BCUT2D eigenvalue weighted by molar-refractivity contribution is -0.129. The van der Waals surface area contributed by atoms with Crippen molar-refractivity contribution in [2.45, 2.75) is 6.42 Å². The number of piperidine rings is 2. The fraction of sp³-hybridized carbons (Fsp3) is 0.500. The number of nitrogens with zero attached hydrogens (tertiary/aromatic N) is 1. The van der Waals surface area contributed by atoms with E-state index < -0.39 is 0 Å². The summed E-state index contributed by atoms with van der Waals surface area (Å²) in [5, 5.41) is 3.43. The topological polar surface area (TPSA) is 45.5 Å². The van der Waals surface area contributed by atoms with Gasteiger partial charge in [0.05, 0.1) is 6.26 Å². The monoisotopic (exact) mass is 246 g/mol. The van der Waals surface area contributed by atoms with Gasteiger partial charge in [0.1, 0.15) is 5.76 Å². The molecule has 18 heavy (non-hydrogen) atoms. The zero-order chi connectivity index (χ0) is 12.4. The molecule has 0 radical (unpaired) electrons. The third kappa shape index (κ3) is 2.48. The minimum absolute atomic E-state index is 0.100. The van der Waals surface area contributed by atoms with Crippen molar-refractivity contribution in [1.82, 2.24) is 10.2 Å². The fourth-order valence-corrected chi connectivity index (χ4v) is 2.93. The first-order valence-electron chi connectivity index (χ1n) is 6.52. The van der Waals surface area contributed by atoms with Crippen LogP contribution >= 0.6 is 0 Å². The molecule has 2 atom stereocenters. The molecule has 0 unspecified atom stereocenters. The number of amides is 1. The quantitative estimate of drug-likeness (QED) is 0.801. The van der Waals surface area contributed by atoms with E-state index in [9.17, 15) is 4.79 Å². The zero-order valence-electron chi connectivity index (χ0n) is 10.3. The van der Waals surface area contributed by atoms with Gasteiger partial charge in [0, 0.05) is 19.2 Å². The van der Waals surface area contributed by atoms with E-state index in [0.29, 0.717) is 11.8 Å². The Hall–Kier alpha value is -1.55. The van der Waals surface area contributed by atoms with Crippen LogP contribution in [0.5, 0.6) is 0 Å². The van der Waals surface area contributed by atoms with E-state index in [2.05, 4.69) is 5.32 Å². The van der Waals surface area contributed by atoms with Gasteiger partial charge in [-0.05, 0) is 49.6 Å². The van der Waals surface area contributed by atoms with Crippen molar-refractivity contribution in [1.29, 1.82) is 0 Å². The molecule has 2 aliphatic heterocycles.